The van der Waals surface area contributed by atoms with Crippen LogP contribution in [0.15, 0.2) is 24.3 Å². The van der Waals surface area contributed by atoms with Crippen molar-refractivity contribution in [3.63, 3.8) is 0 Å². The summed E-state index contributed by atoms with van der Waals surface area (Å²) in [6.45, 7) is 2.39. The van der Waals surface area contributed by atoms with Crippen molar-refractivity contribution in [2.75, 3.05) is 13.7 Å². The number of hydrogen-bond acceptors (Lipinski definition) is 3. The molecule has 18 heavy (non-hydrogen) atoms. The van der Waals surface area contributed by atoms with Gasteiger partial charge in [0.25, 0.3) is 0 Å². The van der Waals surface area contributed by atoms with Gasteiger partial charge in [-0.1, -0.05) is 19.1 Å². The van der Waals surface area contributed by atoms with Crippen molar-refractivity contribution in [3.8, 4) is 5.75 Å². The standard InChI is InChI=1S/C15H20O3/c1-15(9-16,10-18-2)14(11-3-4-11)12-5-7-13(17)8-6-12/h5-9,11,14,17H,3-4,10H2,1-2H3/t14?,15-/m0/s1. The van der Waals surface area contributed by atoms with Crippen LogP contribution in [0.4, 0.5) is 0 Å². The fraction of sp³-hybridized carbons (Fsp3) is 0.533. The van der Waals surface area contributed by atoms with Crippen LogP contribution in [0.3, 0.4) is 0 Å². The molecule has 98 valence electrons. The van der Waals surface area contributed by atoms with E-state index in [1.165, 1.54) is 12.8 Å². The number of hydrogen-bond donors (Lipinski definition) is 1. The molecule has 1 aliphatic carbocycles. The van der Waals surface area contributed by atoms with Gasteiger partial charge in [-0.15, -0.1) is 0 Å². The number of ether oxygens (including phenoxy) is 1. The summed E-state index contributed by atoms with van der Waals surface area (Å²) in [4.78, 5) is 11.5. The molecule has 0 heterocycles. The van der Waals surface area contributed by atoms with Crippen LogP contribution in [0.5, 0.6) is 5.75 Å². The highest BCUT2D eigenvalue weighted by atomic mass is 16.5. The van der Waals surface area contributed by atoms with E-state index in [-0.39, 0.29) is 11.7 Å². The van der Waals surface area contributed by atoms with Crippen LogP contribution >= 0.6 is 0 Å². The third-order valence-corrected chi connectivity index (χ3v) is 3.78. The van der Waals surface area contributed by atoms with E-state index in [0.29, 0.717) is 12.5 Å². The Morgan fingerprint density at radius 2 is 2.06 bits per heavy atom. The predicted octanol–water partition coefficient (Wildman–Crippen LogP) is 2.74. The number of rotatable bonds is 6. The summed E-state index contributed by atoms with van der Waals surface area (Å²) in [6.07, 6.45) is 3.35. The van der Waals surface area contributed by atoms with Crippen molar-refractivity contribution in [3.05, 3.63) is 29.8 Å². The van der Waals surface area contributed by atoms with Gasteiger partial charge in [0.05, 0.1) is 12.0 Å². The summed E-state index contributed by atoms with van der Waals surface area (Å²) in [7, 11) is 1.63. The molecule has 0 aromatic heterocycles. The minimum absolute atomic E-state index is 0.176. The third-order valence-electron chi connectivity index (χ3n) is 3.78. The average molecular weight is 248 g/mol. The highest BCUT2D eigenvalue weighted by molar-refractivity contribution is 5.62. The summed E-state index contributed by atoms with van der Waals surface area (Å²) >= 11 is 0. The molecule has 0 saturated heterocycles. The summed E-state index contributed by atoms with van der Waals surface area (Å²) in [5.74, 6) is 0.989. The van der Waals surface area contributed by atoms with Crippen molar-refractivity contribution < 1.29 is 14.6 Å². The minimum atomic E-state index is -0.493. The Labute approximate surface area is 108 Å². The number of benzene rings is 1. The van der Waals surface area contributed by atoms with E-state index in [1.807, 2.05) is 19.1 Å². The van der Waals surface area contributed by atoms with Crippen molar-refractivity contribution in [2.45, 2.75) is 25.7 Å². The van der Waals surface area contributed by atoms with Crippen LogP contribution < -0.4 is 0 Å². The van der Waals surface area contributed by atoms with Gasteiger partial charge in [-0.2, -0.15) is 0 Å². The van der Waals surface area contributed by atoms with Crippen molar-refractivity contribution in [1.29, 1.82) is 0 Å². The number of aldehydes is 1. The Kier molecular flexibility index (Phi) is 3.71. The molecule has 2 rings (SSSR count). The highest BCUT2D eigenvalue weighted by Gasteiger charge is 2.44. The molecule has 3 heteroatoms. The largest absolute Gasteiger partial charge is 0.508 e. The molecule has 1 aromatic carbocycles. The second-order valence-corrected chi connectivity index (χ2v) is 5.46. The molecule has 1 saturated carbocycles. The topological polar surface area (TPSA) is 46.5 Å². The van der Waals surface area contributed by atoms with Gasteiger partial charge in [-0.05, 0) is 36.5 Å². The van der Waals surface area contributed by atoms with E-state index < -0.39 is 5.41 Å². The molecule has 2 atom stereocenters. The molecule has 0 bridgehead atoms. The first-order chi connectivity index (χ1) is 8.60. The molecule has 1 aromatic rings. The second-order valence-electron chi connectivity index (χ2n) is 5.46. The van der Waals surface area contributed by atoms with Gasteiger partial charge >= 0.3 is 0 Å². The van der Waals surface area contributed by atoms with Gasteiger partial charge in [-0.25, -0.2) is 0 Å². The van der Waals surface area contributed by atoms with Crippen LogP contribution in [0, 0.1) is 11.3 Å². The first-order valence-corrected chi connectivity index (χ1v) is 6.35. The van der Waals surface area contributed by atoms with Crippen LogP contribution in [0.2, 0.25) is 0 Å². The van der Waals surface area contributed by atoms with Gasteiger partial charge in [-0.3, -0.25) is 0 Å². The molecule has 1 fully saturated rings. The molecule has 0 amide bonds. The van der Waals surface area contributed by atoms with Gasteiger partial charge in [0, 0.05) is 13.0 Å². The molecule has 0 aliphatic heterocycles. The van der Waals surface area contributed by atoms with E-state index in [1.54, 1.807) is 19.2 Å². The zero-order valence-corrected chi connectivity index (χ0v) is 10.9. The molecule has 3 nitrogen and oxygen atoms in total. The number of phenols is 1. The SMILES string of the molecule is COC[C@](C)(C=O)C(c1ccc(O)cc1)C1CC1. The summed E-state index contributed by atoms with van der Waals surface area (Å²) in [5, 5.41) is 9.36. The number of carbonyl (C=O) groups is 1. The van der Waals surface area contributed by atoms with E-state index in [9.17, 15) is 9.90 Å². The normalized spacial score (nSPS) is 20.1. The molecule has 1 N–H and O–H groups in total. The van der Waals surface area contributed by atoms with Crippen LogP contribution in [0.25, 0.3) is 0 Å². The molecular weight excluding hydrogens is 228 g/mol. The van der Waals surface area contributed by atoms with E-state index in [4.69, 9.17) is 4.74 Å². The van der Waals surface area contributed by atoms with Gasteiger partial charge in [0.15, 0.2) is 0 Å². The average Bonchev–Trinajstić information content (AvgIpc) is 3.17. The monoisotopic (exact) mass is 248 g/mol. The Bertz CT molecular complexity index is 408. The maximum absolute atomic E-state index is 11.5. The zero-order valence-electron chi connectivity index (χ0n) is 10.9. The van der Waals surface area contributed by atoms with Crippen LogP contribution in [-0.2, 0) is 9.53 Å². The smallest absolute Gasteiger partial charge is 0.128 e. The van der Waals surface area contributed by atoms with Crippen molar-refractivity contribution >= 4 is 6.29 Å². The lowest BCUT2D eigenvalue weighted by molar-refractivity contribution is -0.119. The van der Waals surface area contributed by atoms with E-state index in [2.05, 4.69) is 0 Å². The molecule has 1 aliphatic rings. The fourth-order valence-corrected chi connectivity index (χ4v) is 2.81. The molecular formula is C15H20O3. The van der Waals surface area contributed by atoms with Gasteiger partial charge in [0.2, 0.25) is 0 Å². The van der Waals surface area contributed by atoms with Gasteiger partial charge in [0.1, 0.15) is 12.0 Å². The molecule has 1 unspecified atom stereocenters. The number of aromatic hydroxyl groups is 1. The fourth-order valence-electron chi connectivity index (χ4n) is 2.81. The first kappa shape index (κ1) is 13.1. The summed E-state index contributed by atoms with van der Waals surface area (Å²) < 4.78 is 5.22. The summed E-state index contributed by atoms with van der Waals surface area (Å²) in [6, 6.07) is 7.19. The maximum atomic E-state index is 11.5. The Morgan fingerprint density at radius 3 is 2.50 bits per heavy atom. The second kappa shape index (κ2) is 5.11. The lowest BCUT2D eigenvalue weighted by Crippen LogP contribution is -2.33. The Morgan fingerprint density at radius 1 is 1.44 bits per heavy atom. The number of carbonyl (C=O) groups excluding carboxylic acids is 1. The summed E-state index contributed by atoms with van der Waals surface area (Å²) in [5.41, 5.74) is 0.620. The molecule has 0 radical (unpaired) electrons. The zero-order chi connectivity index (χ0) is 13.2. The lowest BCUT2D eigenvalue weighted by Gasteiger charge is -2.33. The van der Waals surface area contributed by atoms with Crippen LogP contribution in [0.1, 0.15) is 31.2 Å². The Hall–Kier alpha value is -1.35. The lowest BCUT2D eigenvalue weighted by atomic mass is 9.72. The number of phenolic OH excluding ortho intramolecular Hbond substituents is 1. The van der Waals surface area contributed by atoms with E-state index >= 15 is 0 Å². The quantitative estimate of drug-likeness (QED) is 0.787. The van der Waals surface area contributed by atoms with Crippen molar-refractivity contribution in [1.82, 2.24) is 0 Å². The molecule has 0 spiro atoms. The maximum Gasteiger partial charge on any atom is 0.128 e. The van der Waals surface area contributed by atoms with Crippen molar-refractivity contribution in [2.24, 2.45) is 11.3 Å². The third kappa shape index (κ3) is 2.56. The van der Waals surface area contributed by atoms with Crippen LogP contribution in [-0.4, -0.2) is 25.1 Å². The predicted molar refractivity (Wildman–Crippen MR) is 69.6 cm³/mol. The highest BCUT2D eigenvalue weighted by Crippen LogP contribution is 2.51. The Balaban J connectivity index is 2.32. The van der Waals surface area contributed by atoms with E-state index in [0.717, 1.165) is 11.8 Å². The minimum Gasteiger partial charge on any atom is -0.508 e. The first-order valence-electron chi connectivity index (χ1n) is 6.35. The number of methoxy groups -OCH3 is 1. The van der Waals surface area contributed by atoms with Gasteiger partial charge < -0.3 is 14.6 Å².